The summed E-state index contributed by atoms with van der Waals surface area (Å²) in [6.45, 7) is 4.34. The fourth-order valence-electron chi connectivity index (χ4n) is 1.58. The summed E-state index contributed by atoms with van der Waals surface area (Å²) in [6.07, 6.45) is 0. The Morgan fingerprint density at radius 1 is 1.47 bits per heavy atom. The third kappa shape index (κ3) is 3.24. The van der Waals surface area contributed by atoms with Crippen molar-refractivity contribution in [1.29, 1.82) is 5.41 Å². The van der Waals surface area contributed by atoms with Crippen LogP contribution in [0.2, 0.25) is 5.02 Å². The van der Waals surface area contributed by atoms with Crippen molar-refractivity contribution < 1.29 is 4.74 Å². The van der Waals surface area contributed by atoms with Gasteiger partial charge in [0.15, 0.2) is 0 Å². The van der Waals surface area contributed by atoms with Crippen molar-refractivity contribution in [3.63, 3.8) is 0 Å². The molecule has 0 saturated carbocycles. The van der Waals surface area contributed by atoms with E-state index in [0.29, 0.717) is 22.9 Å². The number of benzene rings is 1. The molecule has 3 N–H and O–H groups in total. The molecule has 0 amide bonds. The zero-order valence-electron chi connectivity index (χ0n) is 10.7. The third-order valence-corrected chi connectivity index (χ3v) is 3.94. The van der Waals surface area contributed by atoms with E-state index >= 15 is 0 Å². The number of nitrogens with zero attached hydrogens (tertiary/aromatic N) is 1. The Morgan fingerprint density at radius 2 is 2.21 bits per heavy atom. The van der Waals surface area contributed by atoms with E-state index in [0.717, 1.165) is 10.7 Å². The molecule has 0 aliphatic heterocycles. The second-order valence-corrected chi connectivity index (χ2v) is 5.82. The maximum absolute atomic E-state index is 7.51. The summed E-state index contributed by atoms with van der Waals surface area (Å²) in [5.41, 5.74) is 7.06. The van der Waals surface area contributed by atoms with Gasteiger partial charge in [-0.25, -0.2) is 4.98 Å². The topological polar surface area (TPSA) is 72.0 Å². The molecule has 100 valence electrons. The minimum absolute atomic E-state index is 0.0434. The molecular weight excluding hydrogens is 282 g/mol. The molecule has 0 atom stereocenters. The first kappa shape index (κ1) is 13.8. The maximum atomic E-state index is 7.51. The van der Waals surface area contributed by atoms with Gasteiger partial charge in [0.2, 0.25) is 0 Å². The predicted octanol–water partition coefficient (Wildman–Crippen LogP) is 3.28. The van der Waals surface area contributed by atoms with E-state index in [1.54, 1.807) is 29.5 Å². The lowest BCUT2D eigenvalue weighted by molar-refractivity contribution is 0.305. The zero-order valence-corrected chi connectivity index (χ0v) is 12.2. The molecule has 0 bridgehead atoms. The molecule has 1 heterocycles. The molecule has 1 aromatic carbocycles. The highest BCUT2D eigenvalue weighted by Gasteiger charge is 2.10. The summed E-state index contributed by atoms with van der Waals surface area (Å²) >= 11 is 7.53. The Morgan fingerprint density at radius 3 is 2.79 bits per heavy atom. The van der Waals surface area contributed by atoms with Gasteiger partial charge in [-0.15, -0.1) is 11.3 Å². The number of nitrogens with two attached hydrogens (primary N) is 1. The number of thiazole rings is 1. The Labute approximate surface area is 120 Å². The first-order valence-corrected chi connectivity index (χ1v) is 6.86. The molecule has 4 nitrogen and oxygen atoms in total. The summed E-state index contributed by atoms with van der Waals surface area (Å²) in [5, 5.41) is 8.95. The van der Waals surface area contributed by atoms with Crippen molar-refractivity contribution in [1.82, 2.24) is 4.98 Å². The molecular formula is C13H14ClN3OS. The zero-order chi connectivity index (χ0) is 14.0. The van der Waals surface area contributed by atoms with Crippen LogP contribution < -0.4 is 10.5 Å². The second-order valence-electron chi connectivity index (χ2n) is 4.09. The Hall–Kier alpha value is -1.59. The Bertz CT molecular complexity index is 605. The molecule has 0 radical (unpaired) electrons. The minimum atomic E-state index is -0.0434. The van der Waals surface area contributed by atoms with Crippen LogP contribution in [0.15, 0.2) is 18.2 Å². The fraction of sp³-hybridized carbons (Fsp3) is 0.231. The number of hydrogen-bond acceptors (Lipinski definition) is 4. The van der Waals surface area contributed by atoms with Gasteiger partial charge in [-0.3, -0.25) is 5.41 Å². The number of nitrogens with one attached hydrogen (secondary N) is 1. The van der Waals surface area contributed by atoms with E-state index < -0.39 is 0 Å². The summed E-state index contributed by atoms with van der Waals surface area (Å²) in [4.78, 5) is 5.58. The van der Waals surface area contributed by atoms with Crippen molar-refractivity contribution >= 4 is 28.8 Å². The standard InChI is InChI=1S/C13H14ClN3OS/c1-7-8(2)19-12(17-7)6-18-11-5-9(14)3-4-10(11)13(15)16/h3-5H,6H2,1-2H3,(H3,15,16). The summed E-state index contributed by atoms with van der Waals surface area (Å²) in [7, 11) is 0. The number of aryl methyl sites for hydroxylation is 2. The van der Waals surface area contributed by atoms with Crippen molar-refractivity contribution in [2.75, 3.05) is 0 Å². The number of amidine groups is 1. The summed E-state index contributed by atoms with van der Waals surface area (Å²) in [5.74, 6) is 0.462. The highest BCUT2D eigenvalue weighted by Crippen LogP contribution is 2.25. The van der Waals surface area contributed by atoms with Gasteiger partial charge < -0.3 is 10.5 Å². The number of halogens is 1. The highest BCUT2D eigenvalue weighted by atomic mass is 35.5. The van der Waals surface area contributed by atoms with Crippen molar-refractivity contribution in [2.45, 2.75) is 20.5 Å². The van der Waals surface area contributed by atoms with Crippen molar-refractivity contribution in [2.24, 2.45) is 5.73 Å². The van der Waals surface area contributed by atoms with Crippen LogP contribution in [0.3, 0.4) is 0 Å². The molecule has 2 rings (SSSR count). The summed E-state index contributed by atoms with van der Waals surface area (Å²) < 4.78 is 5.68. The molecule has 0 spiro atoms. The van der Waals surface area contributed by atoms with Crippen LogP contribution in [0.4, 0.5) is 0 Å². The second kappa shape index (κ2) is 5.59. The van der Waals surface area contributed by atoms with Crippen molar-refractivity contribution in [3.8, 4) is 5.75 Å². The fourth-order valence-corrected chi connectivity index (χ4v) is 2.59. The average molecular weight is 296 g/mol. The lowest BCUT2D eigenvalue weighted by Gasteiger charge is -2.09. The monoisotopic (exact) mass is 295 g/mol. The van der Waals surface area contributed by atoms with Gasteiger partial charge in [0, 0.05) is 9.90 Å². The largest absolute Gasteiger partial charge is 0.486 e. The van der Waals surface area contributed by atoms with Crippen LogP contribution in [0, 0.1) is 19.3 Å². The Kier molecular flexibility index (Phi) is 4.07. The van der Waals surface area contributed by atoms with E-state index in [1.807, 2.05) is 13.8 Å². The first-order chi connectivity index (χ1) is 8.97. The van der Waals surface area contributed by atoms with Gasteiger partial charge >= 0.3 is 0 Å². The average Bonchev–Trinajstić information content (AvgIpc) is 2.66. The molecule has 0 fully saturated rings. The van der Waals surface area contributed by atoms with Crippen LogP contribution in [0.25, 0.3) is 0 Å². The predicted molar refractivity (Wildman–Crippen MR) is 78.4 cm³/mol. The lowest BCUT2D eigenvalue weighted by Crippen LogP contribution is -2.13. The summed E-state index contributed by atoms with van der Waals surface area (Å²) in [6, 6.07) is 5.02. The maximum Gasteiger partial charge on any atom is 0.140 e. The van der Waals surface area contributed by atoms with Gasteiger partial charge in [-0.2, -0.15) is 0 Å². The van der Waals surface area contributed by atoms with Crippen LogP contribution in [-0.4, -0.2) is 10.8 Å². The number of rotatable bonds is 4. The van der Waals surface area contributed by atoms with Crippen molar-refractivity contribution in [3.05, 3.63) is 44.4 Å². The van der Waals surface area contributed by atoms with E-state index in [1.165, 1.54) is 4.88 Å². The normalized spacial score (nSPS) is 10.5. The Balaban J connectivity index is 2.19. The third-order valence-electron chi connectivity index (χ3n) is 2.66. The molecule has 0 aliphatic carbocycles. The first-order valence-electron chi connectivity index (χ1n) is 5.67. The van der Waals surface area contributed by atoms with Crippen LogP contribution in [0.5, 0.6) is 5.75 Å². The van der Waals surface area contributed by atoms with Gasteiger partial charge in [0.05, 0.1) is 11.3 Å². The molecule has 0 unspecified atom stereocenters. The smallest absolute Gasteiger partial charge is 0.140 e. The molecule has 19 heavy (non-hydrogen) atoms. The molecule has 6 heteroatoms. The quantitative estimate of drug-likeness (QED) is 0.671. The van der Waals surface area contributed by atoms with Gasteiger partial charge in [0.1, 0.15) is 23.2 Å². The van der Waals surface area contributed by atoms with Gasteiger partial charge in [0.25, 0.3) is 0 Å². The van der Waals surface area contributed by atoms with Gasteiger partial charge in [-0.05, 0) is 32.0 Å². The minimum Gasteiger partial charge on any atom is -0.486 e. The lowest BCUT2D eigenvalue weighted by atomic mass is 10.2. The molecule has 2 aromatic rings. The number of hydrogen-bond donors (Lipinski definition) is 2. The van der Waals surface area contributed by atoms with E-state index in [4.69, 9.17) is 27.5 Å². The SMILES string of the molecule is Cc1nc(COc2cc(Cl)ccc2C(=N)N)sc1C. The van der Waals surface area contributed by atoms with E-state index in [9.17, 15) is 0 Å². The number of nitrogen functional groups attached to an aromatic ring is 1. The van der Waals surface area contributed by atoms with E-state index in [-0.39, 0.29) is 5.84 Å². The van der Waals surface area contributed by atoms with Crippen LogP contribution >= 0.6 is 22.9 Å². The molecule has 0 aliphatic rings. The number of ether oxygens (including phenoxy) is 1. The van der Waals surface area contributed by atoms with E-state index in [2.05, 4.69) is 4.98 Å². The molecule has 1 aromatic heterocycles. The van der Waals surface area contributed by atoms with Crippen LogP contribution in [0.1, 0.15) is 21.1 Å². The van der Waals surface area contributed by atoms with Gasteiger partial charge in [-0.1, -0.05) is 11.6 Å². The number of aromatic nitrogens is 1. The molecule has 0 saturated heterocycles. The van der Waals surface area contributed by atoms with Crippen LogP contribution in [-0.2, 0) is 6.61 Å². The highest BCUT2D eigenvalue weighted by molar-refractivity contribution is 7.11.